The van der Waals surface area contributed by atoms with Gasteiger partial charge in [-0.05, 0) is 57.1 Å². The van der Waals surface area contributed by atoms with E-state index in [1.54, 1.807) is 19.1 Å². The number of carbonyl (C=O) groups excluding carboxylic acids is 1. The number of nitrogens with zero attached hydrogens (tertiary/aromatic N) is 3. The Morgan fingerprint density at radius 3 is 2.60 bits per heavy atom. The van der Waals surface area contributed by atoms with Crippen molar-refractivity contribution in [3.8, 4) is 22.2 Å². The number of carboxylic acids is 1. The monoisotopic (exact) mass is 565 g/mol. The van der Waals surface area contributed by atoms with E-state index in [0.29, 0.717) is 30.3 Å². The van der Waals surface area contributed by atoms with Crippen LogP contribution in [-0.2, 0) is 9.59 Å². The Bertz CT molecular complexity index is 1380. The minimum Gasteiger partial charge on any atom is -0.496 e. The number of benzene rings is 1. The molecule has 4 rings (SSSR count). The van der Waals surface area contributed by atoms with Crippen LogP contribution in [0, 0.1) is 18.8 Å². The number of ether oxygens (including phenoxy) is 2. The largest absolute Gasteiger partial charge is 0.496 e. The van der Waals surface area contributed by atoms with Crippen molar-refractivity contribution in [2.45, 2.75) is 64.9 Å². The van der Waals surface area contributed by atoms with Gasteiger partial charge < -0.3 is 19.5 Å². The lowest BCUT2D eigenvalue weighted by Gasteiger charge is -2.23. The molecule has 40 heavy (non-hydrogen) atoms. The predicted molar refractivity (Wildman–Crippen MR) is 158 cm³/mol. The third-order valence-electron chi connectivity index (χ3n) is 7.67. The summed E-state index contributed by atoms with van der Waals surface area (Å²) >= 11 is 1.53. The molecular formula is C31H39N3O5S. The molecule has 1 saturated carbocycles. The minimum absolute atomic E-state index is 0.137. The Hall–Kier alpha value is -3.46. The highest BCUT2D eigenvalue weighted by Gasteiger charge is 2.45. The molecule has 1 fully saturated rings. The summed E-state index contributed by atoms with van der Waals surface area (Å²) in [6.07, 6.45) is 4.74. The zero-order valence-electron chi connectivity index (χ0n) is 24.0. The Morgan fingerprint density at radius 2 is 1.95 bits per heavy atom. The van der Waals surface area contributed by atoms with Gasteiger partial charge in [0, 0.05) is 36.0 Å². The number of aryl methyl sites for hydroxylation is 1. The van der Waals surface area contributed by atoms with Crippen molar-refractivity contribution in [3.05, 3.63) is 47.5 Å². The number of thiazole rings is 1. The van der Waals surface area contributed by atoms with Crippen molar-refractivity contribution in [1.29, 1.82) is 0 Å². The predicted octanol–water partition coefficient (Wildman–Crippen LogP) is 6.47. The molecule has 1 aliphatic carbocycles. The molecule has 2 aromatic heterocycles. The summed E-state index contributed by atoms with van der Waals surface area (Å²) in [6, 6.07) is 5.68. The molecule has 0 bridgehead atoms. The summed E-state index contributed by atoms with van der Waals surface area (Å²) in [6.45, 7) is 10.5. The van der Waals surface area contributed by atoms with Gasteiger partial charge >= 0.3 is 5.97 Å². The lowest BCUT2D eigenvalue weighted by molar-refractivity contribution is -0.148. The molecule has 0 radical (unpaired) electrons. The van der Waals surface area contributed by atoms with Gasteiger partial charge in [0.2, 0.25) is 5.91 Å². The summed E-state index contributed by atoms with van der Waals surface area (Å²) in [5, 5.41) is 13.6. The van der Waals surface area contributed by atoms with Crippen LogP contribution in [0.2, 0.25) is 0 Å². The van der Waals surface area contributed by atoms with Crippen molar-refractivity contribution in [1.82, 2.24) is 14.9 Å². The van der Waals surface area contributed by atoms with E-state index >= 15 is 0 Å². The number of amides is 1. The van der Waals surface area contributed by atoms with Crippen LogP contribution < -0.4 is 9.47 Å². The highest BCUT2D eigenvalue weighted by molar-refractivity contribution is 7.13. The number of pyridine rings is 1. The van der Waals surface area contributed by atoms with Crippen molar-refractivity contribution >= 4 is 34.1 Å². The maximum absolute atomic E-state index is 13.3. The van der Waals surface area contributed by atoms with Crippen molar-refractivity contribution in [2.75, 3.05) is 20.7 Å². The molecule has 8 nitrogen and oxygen atoms in total. The van der Waals surface area contributed by atoms with Gasteiger partial charge in [0.1, 0.15) is 28.3 Å². The summed E-state index contributed by atoms with van der Waals surface area (Å²) in [7, 11) is 3.38. The van der Waals surface area contributed by atoms with Crippen LogP contribution in [0.5, 0.6) is 11.5 Å². The Labute approximate surface area is 240 Å². The average Bonchev–Trinajstić information content (AvgIpc) is 3.59. The molecule has 9 heteroatoms. The van der Waals surface area contributed by atoms with E-state index in [9.17, 15) is 14.7 Å². The second-order valence-electron chi connectivity index (χ2n) is 10.8. The number of carbonyl (C=O) groups is 2. The number of rotatable bonds is 12. The molecule has 1 aliphatic rings. The highest BCUT2D eigenvalue weighted by Crippen LogP contribution is 2.40. The van der Waals surface area contributed by atoms with E-state index < -0.39 is 23.9 Å². The molecule has 3 atom stereocenters. The zero-order valence-corrected chi connectivity index (χ0v) is 24.8. The zero-order chi connectivity index (χ0) is 29.0. The van der Waals surface area contributed by atoms with E-state index in [-0.39, 0.29) is 12.3 Å². The van der Waals surface area contributed by atoms with Crippen LogP contribution in [-0.4, -0.2) is 58.7 Å². The fraction of sp³-hybridized carbons (Fsp3) is 0.484. The number of allylic oxidation sites excluding steroid dienone is 1. The third-order valence-corrected chi connectivity index (χ3v) is 8.56. The second kappa shape index (κ2) is 12.8. The van der Waals surface area contributed by atoms with E-state index in [1.165, 1.54) is 11.3 Å². The van der Waals surface area contributed by atoms with Gasteiger partial charge in [-0.1, -0.05) is 19.9 Å². The Morgan fingerprint density at radius 1 is 1.20 bits per heavy atom. The minimum atomic E-state index is -0.964. The average molecular weight is 566 g/mol. The van der Waals surface area contributed by atoms with Crippen LogP contribution in [0.4, 0.5) is 0 Å². The number of aromatic nitrogens is 2. The topological polar surface area (TPSA) is 102 Å². The molecule has 214 valence electrons. The third kappa shape index (κ3) is 6.30. The molecule has 1 N–H and O–H groups in total. The van der Waals surface area contributed by atoms with Crippen LogP contribution in [0.1, 0.15) is 63.1 Å². The fourth-order valence-corrected chi connectivity index (χ4v) is 6.26. The van der Waals surface area contributed by atoms with Crippen molar-refractivity contribution in [3.63, 3.8) is 0 Å². The SMILES string of the molecule is C=CCCCCN(C)C(=O)[C@@H]1CC(Oc2cc(-c3nc(C(C)C)cs3)nc3c(C)c(OC)ccc23)C[C@H]1C(=O)O. The van der Waals surface area contributed by atoms with Crippen molar-refractivity contribution in [2.24, 2.45) is 11.8 Å². The standard InChI is InChI=1S/C31H39N3O5S/c1-7-8-9-10-13-34(5)30(35)22-14-20(15-23(22)31(36)37)39-27-16-24(29-33-25(17-40-29)18(2)3)32-28-19(4)26(38-6)12-11-21(27)28/h7,11-12,16-18,20,22-23H,1,8-10,13-15H2,2-6H3,(H,36,37)/t20?,22-,23-/m1/s1. The molecule has 1 aromatic carbocycles. The Kier molecular flexibility index (Phi) is 9.45. The molecule has 0 aliphatic heterocycles. The maximum atomic E-state index is 13.3. The van der Waals surface area contributed by atoms with Crippen LogP contribution in [0.15, 0.2) is 36.2 Å². The van der Waals surface area contributed by atoms with Gasteiger partial charge in [-0.3, -0.25) is 9.59 Å². The molecule has 3 aromatic rings. The highest BCUT2D eigenvalue weighted by atomic mass is 32.1. The van der Waals surface area contributed by atoms with Crippen LogP contribution in [0.3, 0.4) is 0 Å². The lowest BCUT2D eigenvalue weighted by atomic mass is 9.95. The first-order valence-electron chi connectivity index (χ1n) is 13.8. The first kappa shape index (κ1) is 29.5. The van der Waals surface area contributed by atoms with Gasteiger partial charge in [0.05, 0.1) is 30.2 Å². The summed E-state index contributed by atoms with van der Waals surface area (Å²) < 4.78 is 12.1. The number of hydrogen-bond donors (Lipinski definition) is 1. The summed E-state index contributed by atoms with van der Waals surface area (Å²) in [4.78, 5) is 36.9. The first-order valence-corrected chi connectivity index (χ1v) is 14.7. The number of carboxylic acid groups (broad SMARTS) is 1. The quantitative estimate of drug-likeness (QED) is 0.198. The fourth-order valence-electron chi connectivity index (χ4n) is 5.32. The van der Waals surface area contributed by atoms with E-state index in [2.05, 4.69) is 20.4 Å². The molecule has 0 spiro atoms. The lowest BCUT2D eigenvalue weighted by Crippen LogP contribution is -2.37. The first-order chi connectivity index (χ1) is 19.1. The van der Waals surface area contributed by atoms with Crippen LogP contribution in [0.25, 0.3) is 21.6 Å². The van der Waals surface area contributed by atoms with Gasteiger partial charge in [0.25, 0.3) is 0 Å². The molecule has 2 heterocycles. The van der Waals surface area contributed by atoms with Gasteiger partial charge in [-0.2, -0.15) is 0 Å². The molecular weight excluding hydrogens is 526 g/mol. The molecule has 1 amide bonds. The van der Waals surface area contributed by atoms with Crippen LogP contribution >= 0.6 is 11.3 Å². The van der Waals surface area contributed by atoms with E-state index in [0.717, 1.165) is 52.2 Å². The Balaban J connectivity index is 1.64. The summed E-state index contributed by atoms with van der Waals surface area (Å²) in [5.74, 6) is -0.907. The van der Waals surface area contributed by atoms with Crippen molar-refractivity contribution < 1.29 is 24.2 Å². The van der Waals surface area contributed by atoms with E-state index in [4.69, 9.17) is 19.4 Å². The normalized spacial score (nSPS) is 18.7. The van der Waals surface area contributed by atoms with Gasteiger partial charge in [-0.25, -0.2) is 9.97 Å². The van der Waals surface area contributed by atoms with Gasteiger partial charge in [0.15, 0.2) is 0 Å². The maximum Gasteiger partial charge on any atom is 0.307 e. The molecule has 0 saturated heterocycles. The summed E-state index contributed by atoms with van der Waals surface area (Å²) in [5.41, 5.74) is 3.32. The number of unbranched alkanes of at least 4 members (excludes halogenated alkanes) is 2. The van der Waals surface area contributed by atoms with Gasteiger partial charge in [-0.15, -0.1) is 17.9 Å². The number of methoxy groups -OCH3 is 1. The smallest absolute Gasteiger partial charge is 0.307 e. The second-order valence-corrected chi connectivity index (χ2v) is 11.7. The van der Waals surface area contributed by atoms with E-state index in [1.807, 2.05) is 36.6 Å². The molecule has 1 unspecified atom stereocenters. The number of aliphatic carboxylic acids is 1. The number of fused-ring (bicyclic) bond motifs is 1. The number of hydrogen-bond acceptors (Lipinski definition) is 7.